The minimum absolute atomic E-state index is 0.597. The summed E-state index contributed by atoms with van der Waals surface area (Å²) in [6, 6.07) is 6.11. The molecule has 1 aromatic carbocycles. The first-order chi connectivity index (χ1) is 9.04. The van der Waals surface area contributed by atoms with Crippen LogP contribution in [0.25, 0.3) is 17.0 Å². The second-order valence-electron chi connectivity index (χ2n) is 4.55. The van der Waals surface area contributed by atoms with E-state index in [-0.39, 0.29) is 0 Å². The molecule has 0 radical (unpaired) electrons. The lowest BCUT2D eigenvalue weighted by molar-refractivity contribution is -0.131. The number of halogens is 1. The molecule has 0 unspecified atom stereocenters. The van der Waals surface area contributed by atoms with E-state index in [1.165, 1.54) is 0 Å². The molecule has 0 aliphatic rings. The van der Waals surface area contributed by atoms with Gasteiger partial charge in [-0.25, -0.2) is 4.79 Å². The van der Waals surface area contributed by atoms with Crippen molar-refractivity contribution in [2.75, 3.05) is 0 Å². The summed E-state index contributed by atoms with van der Waals surface area (Å²) >= 11 is 6.39. The lowest BCUT2D eigenvalue weighted by Gasteiger charge is -2.04. The van der Waals surface area contributed by atoms with E-state index in [4.69, 9.17) is 16.7 Å². The quantitative estimate of drug-likeness (QED) is 0.855. The average Bonchev–Trinajstić information content (AvgIpc) is 2.60. The second kappa shape index (κ2) is 5.49. The summed E-state index contributed by atoms with van der Waals surface area (Å²) in [6.45, 7) is 4.91. The molecule has 1 N–H and O–H groups in total. The van der Waals surface area contributed by atoms with Crippen LogP contribution in [0.2, 0.25) is 5.15 Å². The fraction of sp³-hybridized carbons (Fsp3) is 0.267. The van der Waals surface area contributed by atoms with Crippen LogP contribution in [0.1, 0.15) is 24.5 Å². The van der Waals surface area contributed by atoms with Gasteiger partial charge in [0.25, 0.3) is 0 Å². The Morgan fingerprint density at radius 3 is 2.84 bits per heavy atom. The van der Waals surface area contributed by atoms with E-state index in [9.17, 15) is 4.79 Å². The van der Waals surface area contributed by atoms with E-state index in [1.54, 1.807) is 6.08 Å². The van der Waals surface area contributed by atoms with E-state index >= 15 is 0 Å². The standard InChI is InChI=1S/C15H16ClNO2/c1-3-8-17-13-6-4-10(2)9-12(13)11(15(17)16)5-7-14(18)19/h4-7,9H,3,8H2,1-2H3,(H,18,19)/b7-5+. The Morgan fingerprint density at radius 2 is 2.21 bits per heavy atom. The summed E-state index contributed by atoms with van der Waals surface area (Å²) in [5.74, 6) is -0.972. The third-order valence-corrected chi connectivity index (χ3v) is 3.44. The maximum Gasteiger partial charge on any atom is 0.328 e. The molecule has 100 valence electrons. The van der Waals surface area contributed by atoms with Gasteiger partial charge in [-0.2, -0.15) is 0 Å². The molecule has 0 spiro atoms. The van der Waals surface area contributed by atoms with Crippen LogP contribution in [-0.4, -0.2) is 15.6 Å². The number of carboxylic acid groups (broad SMARTS) is 1. The fourth-order valence-electron chi connectivity index (χ4n) is 2.22. The summed E-state index contributed by atoms with van der Waals surface area (Å²) in [4.78, 5) is 10.7. The number of aromatic nitrogens is 1. The highest BCUT2D eigenvalue weighted by Crippen LogP contribution is 2.32. The van der Waals surface area contributed by atoms with Gasteiger partial charge in [0, 0.05) is 29.1 Å². The molecular formula is C15H16ClNO2. The van der Waals surface area contributed by atoms with Crippen LogP contribution >= 0.6 is 11.6 Å². The number of benzene rings is 1. The molecule has 0 aliphatic carbocycles. The van der Waals surface area contributed by atoms with Crippen molar-refractivity contribution in [3.05, 3.63) is 40.6 Å². The van der Waals surface area contributed by atoms with Gasteiger partial charge in [0.2, 0.25) is 0 Å². The molecule has 3 nitrogen and oxygen atoms in total. The van der Waals surface area contributed by atoms with Gasteiger partial charge >= 0.3 is 5.97 Å². The van der Waals surface area contributed by atoms with E-state index < -0.39 is 5.97 Å². The van der Waals surface area contributed by atoms with Crippen molar-refractivity contribution in [3.8, 4) is 0 Å². The van der Waals surface area contributed by atoms with Gasteiger partial charge in [-0.1, -0.05) is 30.2 Å². The molecule has 19 heavy (non-hydrogen) atoms. The summed E-state index contributed by atoms with van der Waals surface area (Å²) in [5.41, 5.74) is 2.95. The van der Waals surface area contributed by atoms with Crippen LogP contribution in [0.15, 0.2) is 24.3 Å². The molecule has 1 heterocycles. The minimum Gasteiger partial charge on any atom is -0.478 e. The topological polar surface area (TPSA) is 42.2 Å². The molecule has 0 saturated carbocycles. The number of hydrogen-bond acceptors (Lipinski definition) is 1. The maximum atomic E-state index is 10.7. The fourth-order valence-corrected chi connectivity index (χ4v) is 2.56. The minimum atomic E-state index is -0.972. The van der Waals surface area contributed by atoms with Crippen molar-refractivity contribution in [3.63, 3.8) is 0 Å². The number of nitrogens with zero attached hydrogens (tertiary/aromatic N) is 1. The second-order valence-corrected chi connectivity index (χ2v) is 4.91. The van der Waals surface area contributed by atoms with Gasteiger partial charge in [-0.05, 0) is 31.6 Å². The van der Waals surface area contributed by atoms with E-state index in [1.807, 2.05) is 29.7 Å². The van der Waals surface area contributed by atoms with Crippen LogP contribution in [0.4, 0.5) is 0 Å². The van der Waals surface area contributed by atoms with E-state index in [2.05, 4.69) is 6.92 Å². The molecule has 0 amide bonds. The van der Waals surface area contributed by atoms with Gasteiger partial charge in [-0.15, -0.1) is 0 Å². The molecule has 0 saturated heterocycles. The summed E-state index contributed by atoms with van der Waals surface area (Å²) < 4.78 is 2.03. The van der Waals surface area contributed by atoms with Crippen LogP contribution in [0.3, 0.4) is 0 Å². The number of aryl methyl sites for hydroxylation is 2. The molecule has 2 rings (SSSR count). The highest BCUT2D eigenvalue weighted by molar-refractivity contribution is 6.33. The zero-order chi connectivity index (χ0) is 14.0. The third kappa shape index (κ3) is 2.66. The highest BCUT2D eigenvalue weighted by atomic mass is 35.5. The SMILES string of the molecule is CCCn1c(Cl)c(/C=C/C(=O)O)c2cc(C)ccc21. The van der Waals surface area contributed by atoms with Gasteiger partial charge in [-0.3, -0.25) is 0 Å². The van der Waals surface area contributed by atoms with Crippen molar-refractivity contribution in [1.82, 2.24) is 4.57 Å². The molecule has 0 atom stereocenters. The van der Waals surface area contributed by atoms with Gasteiger partial charge in [0.05, 0.1) is 0 Å². The Kier molecular flexibility index (Phi) is 3.96. The van der Waals surface area contributed by atoms with E-state index in [0.29, 0.717) is 5.15 Å². The Morgan fingerprint density at radius 1 is 1.47 bits per heavy atom. The molecule has 2 aromatic rings. The van der Waals surface area contributed by atoms with Crippen molar-refractivity contribution in [2.45, 2.75) is 26.8 Å². The number of rotatable bonds is 4. The van der Waals surface area contributed by atoms with Crippen LogP contribution in [-0.2, 0) is 11.3 Å². The van der Waals surface area contributed by atoms with Crippen molar-refractivity contribution < 1.29 is 9.90 Å². The first-order valence-electron chi connectivity index (χ1n) is 6.24. The zero-order valence-electron chi connectivity index (χ0n) is 11.0. The Hall–Kier alpha value is -1.74. The summed E-state index contributed by atoms with van der Waals surface area (Å²) in [5, 5.41) is 10.4. The predicted molar refractivity (Wildman–Crippen MR) is 78.6 cm³/mol. The first kappa shape index (κ1) is 13.7. The van der Waals surface area contributed by atoms with Crippen molar-refractivity contribution in [2.24, 2.45) is 0 Å². The molecule has 4 heteroatoms. The number of carbonyl (C=O) groups is 1. The molecular weight excluding hydrogens is 262 g/mol. The maximum absolute atomic E-state index is 10.7. The average molecular weight is 278 g/mol. The summed E-state index contributed by atoms with van der Waals surface area (Å²) in [7, 11) is 0. The largest absolute Gasteiger partial charge is 0.478 e. The molecule has 0 aliphatic heterocycles. The van der Waals surface area contributed by atoms with Crippen LogP contribution in [0.5, 0.6) is 0 Å². The molecule has 0 fully saturated rings. The van der Waals surface area contributed by atoms with Crippen LogP contribution in [0, 0.1) is 6.92 Å². The third-order valence-electron chi connectivity index (χ3n) is 3.03. The Bertz CT molecular complexity index is 656. The first-order valence-corrected chi connectivity index (χ1v) is 6.61. The van der Waals surface area contributed by atoms with Gasteiger partial charge in [0.15, 0.2) is 0 Å². The lowest BCUT2D eigenvalue weighted by Crippen LogP contribution is -1.96. The Labute approximate surface area is 117 Å². The Balaban J connectivity index is 2.70. The molecule has 1 aromatic heterocycles. The van der Waals surface area contributed by atoms with Gasteiger partial charge < -0.3 is 9.67 Å². The number of fused-ring (bicyclic) bond motifs is 1. The highest BCUT2D eigenvalue weighted by Gasteiger charge is 2.13. The zero-order valence-corrected chi connectivity index (χ0v) is 11.7. The smallest absolute Gasteiger partial charge is 0.328 e. The number of carboxylic acids is 1. The predicted octanol–water partition coefficient (Wildman–Crippen LogP) is 4.11. The molecule has 0 bridgehead atoms. The normalized spacial score (nSPS) is 11.5. The van der Waals surface area contributed by atoms with Gasteiger partial charge in [0.1, 0.15) is 5.15 Å². The van der Waals surface area contributed by atoms with Crippen LogP contribution < -0.4 is 0 Å². The number of aliphatic carboxylic acids is 1. The number of hydrogen-bond donors (Lipinski definition) is 1. The van der Waals surface area contributed by atoms with Crippen molar-refractivity contribution in [1.29, 1.82) is 0 Å². The summed E-state index contributed by atoms with van der Waals surface area (Å²) in [6.07, 6.45) is 3.66. The van der Waals surface area contributed by atoms with E-state index in [0.717, 1.165) is 41.1 Å². The monoisotopic (exact) mass is 277 g/mol. The lowest BCUT2D eigenvalue weighted by atomic mass is 10.1. The van der Waals surface area contributed by atoms with Crippen molar-refractivity contribution >= 4 is 34.5 Å².